The van der Waals surface area contributed by atoms with Gasteiger partial charge in [0.1, 0.15) is 11.9 Å². The Balaban J connectivity index is 1.76. The van der Waals surface area contributed by atoms with Gasteiger partial charge in [-0.1, -0.05) is 31.2 Å². The van der Waals surface area contributed by atoms with Gasteiger partial charge in [-0.2, -0.15) is 5.10 Å². The molecule has 0 aliphatic carbocycles. The van der Waals surface area contributed by atoms with Crippen molar-refractivity contribution in [3.8, 4) is 17.2 Å². The highest BCUT2D eigenvalue weighted by molar-refractivity contribution is 6.04. The van der Waals surface area contributed by atoms with Crippen LogP contribution in [0.15, 0.2) is 36.4 Å². The van der Waals surface area contributed by atoms with Crippen molar-refractivity contribution in [3.63, 3.8) is 0 Å². The number of benzene rings is 2. The van der Waals surface area contributed by atoms with Gasteiger partial charge in [-0.05, 0) is 36.6 Å². The van der Waals surface area contributed by atoms with Gasteiger partial charge in [-0.25, -0.2) is 0 Å². The third-order valence-electron chi connectivity index (χ3n) is 6.40. The van der Waals surface area contributed by atoms with E-state index in [2.05, 4.69) is 22.7 Å². The lowest BCUT2D eigenvalue weighted by Crippen LogP contribution is -2.50. The van der Waals surface area contributed by atoms with Crippen LogP contribution in [-0.4, -0.2) is 49.0 Å². The number of amides is 2. The number of methoxy groups -OCH3 is 3. The van der Waals surface area contributed by atoms with Crippen LogP contribution in [0.1, 0.15) is 45.6 Å². The maximum Gasteiger partial charge on any atom is 0.252 e. The number of hydrogen-bond acceptors (Lipinski definition) is 6. The molecule has 0 spiro atoms. The van der Waals surface area contributed by atoms with Gasteiger partial charge in [0.25, 0.3) is 5.91 Å². The van der Waals surface area contributed by atoms with Crippen LogP contribution in [-0.2, 0) is 18.3 Å². The first kappa shape index (κ1) is 24.1. The van der Waals surface area contributed by atoms with Gasteiger partial charge in [0, 0.05) is 24.1 Å². The SMILES string of the molecule is CCc1ccc([C@@H]2c3c(C)nn(C)c3NC(=O)[C@H]2NC(=O)c2cc(OC)c(OC)c(OC)c2)cc1. The number of nitrogens with one attached hydrogen (secondary N) is 2. The molecule has 1 aliphatic heterocycles. The zero-order chi connectivity index (χ0) is 25.3. The lowest BCUT2D eigenvalue weighted by atomic mass is 9.81. The average molecular weight is 479 g/mol. The highest BCUT2D eigenvalue weighted by Gasteiger charge is 2.41. The van der Waals surface area contributed by atoms with E-state index in [0.29, 0.717) is 23.1 Å². The number of fused-ring (bicyclic) bond motifs is 1. The Bertz CT molecular complexity index is 1240. The number of ether oxygens (including phenoxy) is 3. The summed E-state index contributed by atoms with van der Waals surface area (Å²) in [7, 11) is 6.25. The lowest BCUT2D eigenvalue weighted by molar-refractivity contribution is -0.118. The molecule has 0 unspecified atom stereocenters. The second-order valence-electron chi connectivity index (χ2n) is 8.40. The Kier molecular flexibility index (Phi) is 6.68. The Morgan fingerprint density at radius 3 is 2.26 bits per heavy atom. The van der Waals surface area contributed by atoms with Gasteiger partial charge in [-0.15, -0.1) is 0 Å². The molecule has 1 aliphatic rings. The van der Waals surface area contributed by atoms with E-state index in [9.17, 15) is 9.59 Å². The minimum Gasteiger partial charge on any atom is -0.493 e. The Morgan fingerprint density at radius 1 is 1.09 bits per heavy atom. The van der Waals surface area contributed by atoms with Crippen LogP contribution in [0.4, 0.5) is 5.82 Å². The van der Waals surface area contributed by atoms with Crippen molar-refractivity contribution in [2.24, 2.45) is 7.05 Å². The van der Waals surface area contributed by atoms with E-state index in [1.54, 1.807) is 23.9 Å². The fourth-order valence-corrected chi connectivity index (χ4v) is 4.61. The molecule has 0 saturated carbocycles. The molecule has 0 saturated heterocycles. The standard InChI is InChI=1S/C26H30N4O5/c1-7-15-8-10-16(11-9-15)21-20-14(2)29-30(3)24(20)28-26(32)22(21)27-25(31)17-12-18(33-4)23(35-6)19(13-17)34-5/h8-13,21-22H,7H2,1-6H3,(H,27,31)(H,28,32)/t21-,22+/m1/s1. The summed E-state index contributed by atoms with van der Waals surface area (Å²) in [5, 5.41) is 10.4. The van der Waals surface area contributed by atoms with Gasteiger partial charge in [0.15, 0.2) is 11.5 Å². The van der Waals surface area contributed by atoms with Crippen molar-refractivity contribution in [1.82, 2.24) is 15.1 Å². The molecule has 0 fully saturated rings. The van der Waals surface area contributed by atoms with Gasteiger partial charge in [0.2, 0.25) is 11.7 Å². The van der Waals surface area contributed by atoms with Crippen LogP contribution >= 0.6 is 0 Å². The Hall–Kier alpha value is -4.01. The van der Waals surface area contributed by atoms with Crippen LogP contribution in [0.2, 0.25) is 0 Å². The van der Waals surface area contributed by atoms with Crippen LogP contribution in [0.5, 0.6) is 17.2 Å². The molecule has 35 heavy (non-hydrogen) atoms. The fraction of sp³-hybridized carbons (Fsp3) is 0.346. The molecule has 0 radical (unpaired) electrons. The number of carbonyl (C=O) groups excluding carboxylic acids is 2. The van der Waals surface area contributed by atoms with Crippen molar-refractivity contribution in [1.29, 1.82) is 0 Å². The number of carbonyl (C=O) groups is 2. The monoisotopic (exact) mass is 478 g/mol. The van der Waals surface area contributed by atoms with E-state index in [1.807, 2.05) is 31.2 Å². The topological polar surface area (TPSA) is 104 Å². The minimum atomic E-state index is -0.857. The van der Waals surface area contributed by atoms with E-state index in [4.69, 9.17) is 14.2 Å². The van der Waals surface area contributed by atoms with Crippen molar-refractivity contribution in [2.45, 2.75) is 32.2 Å². The predicted octanol–water partition coefficient (Wildman–Crippen LogP) is 3.20. The average Bonchev–Trinajstić information content (AvgIpc) is 3.15. The number of aromatic nitrogens is 2. The highest BCUT2D eigenvalue weighted by Crippen LogP contribution is 2.40. The molecule has 4 rings (SSSR count). The normalized spacial score (nSPS) is 16.8. The summed E-state index contributed by atoms with van der Waals surface area (Å²) in [6.45, 7) is 3.99. The second-order valence-corrected chi connectivity index (χ2v) is 8.40. The quantitative estimate of drug-likeness (QED) is 0.541. The molecule has 2 aromatic carbocycles. The molecule has 184 valence electrons. The largest absolute Gasteiger partial charge is 0.493 e. The number of aryl methyl sites for hydroxylation is 3. The number of rotatable bonds is 7. The summed E-state index contributed by atoms with van der Waals surface area (Å²) in [5.41, 5.74) is 4.06. The molecule has 1 aromatic heterocycles. The first-order chi connectivity index (χ1) is 16.8. The minimum absolute atomic E-state index is 0.279. The fourth-order valence-electron chi connectivity index (χ4n) is 4.61. The van der Waals surface area contributed by atoms with Gasteiger partial charge in [-0.3, -0.25) is 14.3 Å². The zero-order valence-corrected chi connectivity index (χ0v) is 20.8. The van der Waals surface area contributed by atoms with Crippen molar-refractivity contribution >= 4 is 17.6 Å². The second kappa shape index (κ2) is 9.69. The first-order valence-corrected chi connectivity index (χ1v) is 11.4. The third-order valence-corrected chi connectivity index (χ3v) is 6.40. The van der Waals surface area contributed by atoms with E-state index >= 15 is 0 Å². The van der Waals surface area contributed by atoms with E-state index in [-0.39, 0.29) is 11.5 Å². The molecule has 3 aromatic rings. The highest BCUT2D eigenvalue weighted by atomic mass is 16.5. The first-order valence-electron chi connectivity index (χ1n) is 11.4. The molecule has 9 nitrogen and oxygen atoms in total. The van der Waals surface area contributed by atoms with Crippen molar-refractivity contribution < 1.29 is 23.8 Å². The summed E-state index contributed by atoms with van der Waals surface area (Å²) in [4.78, 5) is 26.7. The molecular weight excluding hydrogens is 448 g/mol. The molecular formula is C26H30N4O5. The maximum absolute atomic E-state index is 13.4. The molecule has 2 atom stereocenters. The van der Waals surface area contributed by atoms with Gasteiger partial charge in [0.05, 0.1) is 27.0 Å². The van der Waals surface area contributed by atoms with Crippen LogP contribution in [0.3, 0.4) is 0 Å². The van der Waals surface area contributed by atoms with E-state index in [0.717, 1.165) is 23.2 Å². The van der Waals surface area contributed by atoms with E-state index in [1.165, 1.54) is 26.9 Å². The molecule has 2 amide bonds. The summed E-state index contributed by atoms with van der Waals surface area (Å²) in [6, 6.07) is 10.4. The Morgan fingerprint density at radius 2 is 1.71 bits per heavy atom. The molecule has 9 heteroatoms. The third kappa shape index (κ3) is 4.29. The van der Waals surface area contributed by atoms with Crippen LogP contribution in [0, 0.1) is 6.92 Å². The molecule has 2 heterocycles. The lowest BCUT2D eigenvalue weighted by Gasteiger charge is -2.32. The Labute approximate surface area is 204 Å². The zero-order valence-electron chi connectivity index (χ0n) is 20.8. The van der Waals surface area contributed by atoms with Gasteiger partial charge < -0.3 is 24.8 Å². The van der Waals surface area contributed by atoms with Crippen LogP contribution in [0.25, 0.3) is 0 Å². The summed E-state index contributed by atoms with van der Waals surface area (Å²) in [6.07, 6.45) is 0.907. The molecule has 0 bridgehead atoms. The van der Waals surface area contributed by atoms with Crippen molar-refractivity contribution in [3.05, 3.63) is 64.3 Å². The number of anilines is 1. The summed E-state index contributed by atoms with van der Waals surface area (Å²) >= 11 is 0. The number of nitrogens with zero attached hydrogens (tertiary/aromatic N) is 2. The van der Waals surface area contributed by atoms with Crippen molar-refractivity contribution in [2.75, 3.05) is 26.6 Å². The predicted molar refractivity (Wildman–Crippen MR) is 132 cm³/mol. The van der Waals surface area contributed by atoms with Crippen LogP contribution < -0.4 is 24.8 Å². The summed E-state index contributed by atoms with van der Waals surface area (Å²) in [5.74, 6) is 0.547. The smallest absolute Gasteiger partial charge is 0.252 e. The van der Waals surface area contributed by atoms with E-state index < -0.39 is 17.9 Å². The van der Waals surface area contributed by atoms with Gasteiger partial charge >= 0.3 is 0 Å². The number of hydrogen-bond donors (Lipinski definition) is 2. The molecule has 2 N–H and O–H groups in total. The summed E-state index contributed by atoms with van der Waals surface area (Å²) < 4.78 is 17.8. The maximum atomic E-state index is 13.4.